The molecule has 1 fully saturated rings. The first kappa shape index (κ1) is 16.8. The Morgan fingerprint density at radius 2 is 1.77 bits per heavy atom. The summed E-state index contributed by atoms with van der Waals surface area (Å²) in [6.07, 6.45) is 1.29. The quantitative estimate of drug-likeness (QED) is 0.846. The number of hydrogen-bond donors (Lipinski definition) is 0. The van der Waals surface area contributed by atoms with Crippen LogP contribution in [0.5, 0.6) is 0 Å². The van der Waals surface area contributed by atoms with E-state index in [9.17, 15) is 13.2 Å². The number of nitrogens with zero attached hydrogens (tertiary/aromatic N) is 2. The summed E-state index contributed by atoms with van der Waals surface area (Å²) in [7, 11) is 0. The molecule has 0 amide bonds. The summed E-state index contributed by atoms with van der Waals surface area (Å²) in [6, 6.07) is 5.86. The average Bonchev–Trinajstić information content (AvgIpc) is 2.91. The molecule has 0 bridgehead atoms. The number of halogens is 4. The van der Waals surface area contributed by atoms with Gasteiger partial charge in [0.2, 0.25) is 5.89 Å². The van der Waals surface area contributed by atoms with E-state index in [-0.39, 0.29) is 31.1 Å². The first-order valence-electron chi connectivity index (χ1n) is 6.82. The van der Waals surface area contributed by atoms with E-state index in [1.54, 1.807) is 12.1 Å². The largest absolute Gasteiger partial charge is 0.444 e. The molecule has 0 spiro atoms. The molecule has 120 valence electrons. The van der Waals surface area contributed by atoms with Crippen molar-refractivity contribution in [1.82, 2.24) is 9.88 Å². The third-order valence-corrected chi connectivity index (χ3v) is 3.62. The number of oxazole rings is 1. The third kappa shape index (κ3) is 4.01. The Bertz CT molecular complexity index is 606. The van der Waals surface area contributed by atoms with Crippen LogP contribution in [-0.2, 0) is 6.54 Å². The highest BCUT2D eigenvalue weighted by atomic mass is 35.5. The summed E-state index contributed by atoms with van der Waals surface area (Å²) in [5.74, 6) is -2.45. The molecule has 1 saturated heterocycles. The molecule has 3 nitrogen and oxygen atoms in total. The molecule has 1 aromatic heterocycles. The van der Waals surface area contributed by atoms with Gasteiger partial charge in [0.05, 0.1) is 5.69 Å². The zero-order valence-corrected chi connectivity index (χ0v) is 12.6. The fourth-order valence-corrected chi connectivity index (χ4v) is 2.37. The van der Waals surface area contributed by atoms with E-state index in [4.69, 9.17) is 4.42 Å². The van der Waals surface area contributed by atoms with Gasteiger partial charge in [0.1, 0.15) is 12.1 Å². The Balaban J connectivity index is 0.00000176. The average molecular weight is 333 g/mol. The Kier molecular flexibility index (Phi) is 5.13. The number of likely N-dealkylation sites (tertiary alicyclic amines) is 1. The molecule has 0 N–H and O–H groups in total. The van der Waals surface area contributed by atoms with Crippen molar-refractivity contribution in [2.24, 2.45) is 0 Å². The van der Waals surface area contributed by atoms with E-state index >= 15 is 0 Å². The van der Waals surface area contributed by atoms with Crippen molar-refractivity contribution in [3.63, 3.8) is 0 Å². The predicted octanol–water partition coefficient (Wildman–Crippen LogP) is 4.13. The Morgan fingerprint density at radius 1 is 1.14 bits per heavy atom. The van der Waals surface area contributed by atoms with Crippen molar-refractivity contribution in [3.05, 3.63) is 42.0 Å². The topological polar surface area (TPSA) is 29.3 Å². The Hall–Kier alpha value is -1.53. The minimum Gasteiger partial charge on any atom is -0.444 e. The SMILES string of the molecule is Cl.Fc1ccc(-c2nc(CN3CCC(F)(F)CC3)co2)cc1. The summed E-state index contributed by atoms with van der Waals surface area (Å²) in [5, 5.41) is 0. The molecule has 0 saturated carbocycles. The molecule has 2 heterocycles. The lowest BCUT2D eigenvalue weighted by Gasteiger charge is -2.30. The highest BCUT2D eigenvalue weighted by molar-refractivity contribution is 5.85. The third-order valence-electron chi connectivity index (χ3n) is 3.62. The number of alkyl halides is 2. The zero-order valence-electron chi connectivity index (χ0n) is 11.8. The van der Waals surface area contributed by atoms with E-state index < -0.39 is 5.92 Å². The Morgan fingerprint density at radius 3 is 2.41 bits per heavy atom. The molecular weight excluding hydrogens is 317 g/mol. The fraction of sp³-hybridized carbons (Fsp3) is 0.400. The van der Waals surface area contributed by atoms with Crippen molar-refractivity contribution in [2.45, 2.75) is 25.3 Å². The first-order valence-corrected chi connectivity index (χ1v) is 6.82. The Labute approximate surface area is 132 Å². The van der Waals surface area contributed by atoms with Crippen LogP contribution in [0.1, 0.15) is 18.5 Å². The summed E-state index contributed by atoms with van der Waals surface area (Å²) in [4.78, 5) is 6.26. The van der Waals surface area contributed by atoms with Crippen LogP contribution in [0.15, 0.2) is 34.9 Å². The summed E-state index contributed by atoms with van der Waals surface area (Å²) < 4.78 is 44.4. The van der Waals surface area contributed by atoms with E-state index in [1.165, 1.54) is 18.4 Å². The number of aromatic nitrogens is 1. The summed E-state index contributed by atoms with van der Waals surface area (Å²) in [6.45, 7) is 1.19. The molecule has 0 radical (unpaired) electrons. The maximum Gasteiger partial charge on any atom is 0.250 e. The minimum atomic E-state index is -2.54. The van der Waals surface area contributed by atoms with Crippen LogP contribution in [0.25, 0.3) is 11.5 Å². The number of rotatable bonds is 3. The maximum atomic E-state index is 13.1. The van der Waals surface area contributed by atoms with Gasteiger partial charge < -0.3 is 4.42 Å². The summed E-state index contributed by atoms with van der Waals surface area (Å²) in [5.41, 5.74) is 1.38. The van der Waals surface area contributed by atoms with Crippen molar-refractivity contribution in [1.29, 1.82) is 0 Å². The van der Waals surface area contributed by atoms with Gasteiger partial charge in [-0.15, -0.1) is 12.4 Å². The molecule has 1 aliphatic heterocycles. The van der Waals surface area contributed by atoms with Crippen molar-refractivity contribution in [3.8, 4) is 11.5 Å². The van der Waals surface area contributed by atoms with Gasteiger partial charge >= 0.3 is 0 Å². The lowest BCUT2D eigenvalue weighted by atomic mass is 10.1. The van der Waals surface area contributed by atoms with Gasteiger partial charge in [0.15, 0.2) is 0 Å². The molecule has 7 heteroatoms. The van der Waals surface area contributed by atoms with Gasteiger partial charge in [-0.1, -0.05) is 0 Å². The van der Waals surface area contributed by atoms with E-state index in [0.717, 1.165) is 0 Å². The maximum absolute atomic E-state index is 13.1. The molecule has 22 heavy (non-hydrogen) atoms. The fourth-order valence-electron chi connectivity index (χ4n) is 2.37. The van der Waals surface area contributed by atoms with Gasteiger partial charge in [-0.3, -0.25) is 4.90 Å². The van der Waals surface area contributed by atoms with Crippen LogP contribution in [0, 0.1) is 5.82 Å². The van der Waals surface area contributed by atoms with Crippen LogP contribution in [-0.4, -0.2) is 28.9 Å². The second kappa shape index (κ2) is 6.71. The zero-order chi connectivity index (χ0) is 14.9. The molecule has 0 unspecified atom stereocenters. The molecular formula is C15H16ClF3N2O. The van der Waals surface area contributed by atoms with Crippen LogP contribution in [0.2, 0.25) is 0 Å². The van der Waals surface area contributed by atoms with Crippen molar-refractivity contribution >= 4 is 12.4 Å². The van der Waals surface area contributed by atoms with Gasteiger partial charge in [-0.05, 0) is 24.3 Å². The number of benzene rings is 1. The van der Waals surface area contributed by atoms with Crippen LogP contribution in [0.4, 0.5) is 13.2 Å². The van der Waals surface area contributed by atoms with Gasteiger partial charge in [-0.25, -0.2) is 18.2 Å². The summed E-state index contributed by atoms with van der Waals surface area (Å²) >= 11 is 0. The number of piperidine rings is 1. The van der Waals surface area contributed by atoms with E-state index in [1.807, 2.05) is 4.90 Å². The monoisotopic (exact) mass is 332 g/mol. The molecule has 0 atom stereocenters. The smallest absolute Gasteiger partial charge is 0.250 e. The van der Waals surface area contributed by atoms with E-state index in [0.29, 0.717) is 36.8 Å². The second-order valence-corrected chi connectivity index (χ2v) is 5.28. The van der Waals surface area contributed by atoms with Gasteiger partial charge in [-0.2, -0.15) is 0 Å². The lowest BCUT2D eigenvalue weighted by Crippen LogP contribution is -2.38. The molecule has 3 rings (SSSR count). The van der Waals surface area contributed by atoms with Crippen LogP contribution < -0.4 is 0 Å². The van der Waals surface area contributed by atoms with Crippen molar-refractivity contribution < 1.29 is 17.6 Å². The minimum absolute atomic E-state index is 0. The molecule has 0 aliphatic carbocycles. The predicted molar refractivity (Wildman–Crippen MR) is 78.6 cm³/mol. The van der Waals surface area contributed by atoms with Gasteiger partial charge in [0, 0.05) is 38.0 Å². The highest BCUT2D eigenvalue weighted by Gasteiger charge is 2.34. The first-order chi connectivity index (χ1) is 10.0. The van der Waals surface area contributed by atoms with Crippen molar-refractivity contribution in [2.75, 3.05) is 13.1 Å². The standard InChI is InChI=1S/C15H15F3N2O.ClH/c16-12-3-1-11(2-4-12)14-19-13(10-21-14)9-20-7-5-15(17,18)6-8-20;/h1-4,10H,5-9H2;1H. The second-order valence-electron chi connectivity index (χ2n) is 5.28. The lowest BCUT2D eigenvalue weighted by molar-refractivity contribution is -0.0568. The highest BCUT2D eigenvalue weighted by Crippen LogP contribution is 2.28. The molecule has 2 aromatic rings. The normalized spacial score (nSPS) is 18.0. The number of hydrogen-bond acceptors (Lipinski definition) is 3. The molecule has 1 aromatic carbocycles. The van der Waals surface area contributed by atoms with Gasteiger partial charge in [0.25, 0.3) is 5.92 Å². The molecule has 1 aliphatic rings. The van der Waals surface area contributed by atoms with E-state index in [2.05, 4.69) is 4.98 Å². The van der Waals surface area contributed by atoms with Crippen LogP contribution in [0.3, 0.4) is 0 Å². The van der Waals surface area contributed by atoms with Crippen LogP contribution >= 0.6 is 12.4 Å².